The van der Waals surface area contributed by atoms with Crippen molar-refractivity contribution in [3.05, 3.63) is 64.2 Å². The molecule has 2 aromatic rings. The topological polar surface area (TPSA) is 76.1 Å². The van der Waals surface area contributed by atoms with Crippen molar-refractivity contribution >= 4 is 11.9 Å². The summed E-state index contributed by atoms with van der Waals surface area (Å²) in [5, 5.41) is 10.3. The number of esters is 1. The molecule has 6 nitrogen and oxygen atoms in total. The third-order valence-corrected chi connectivity index (χ3v) is 7.16. The third kappa shape index (κ3) is 6.67. The molecule has 0 bridgehead atoms. The summed E-state index contributed by atoms with van der Waals surface area (Å²) in [6, 6.07) is 12.1. The van der Waals surface area contributed by atoms with Crippen LogP contribution in [0.5, 0.6) is 5.75 Å². The highest BCUT2D eigenvalue weighted by Crippen LogP contribution is 2.41. The summed E-state index contributed by atoms with van der Waals surface area (Å²) in [6.45, 7) is 14.2. The number of aryl methyl sites for hydroxylation is 2. The molecule has 0 aliphatic heterocycles. The Morgan fingerprint density at radius 1 is 0.944 bits per heavy atom. The molecule has 0 radical (unpaired) electrons. The molecule has 0 aliphatic carbocycles. The number of hydrogen-bond acceptors (Lipinski definition) is 5. The van der Waals surface area contributed by atoms with Crippen LogP contribution >= 0.6 is 0 Å². The number of carbonyl (C=O) groups is 2. The van der Waals surface area contributed by atoms with Crippen LogP contribution in [0.4, 0.5) is 0 Å². The molecule has 6 heteroatoms. The Hall–Kier alpha value is -2.86. The van der Waals surface area contributed by atoms with E-state index in [1.807, 2.05) is 46.8 Å². The van der Waals surface area contributed by atoms with Gasteiger partial charge in [-0.25, -0.2) is 4.79 Å². The fourth-order valence-corrected chi connectivity index (χ4v) is 4.29. The highest BCUT2D eigenvalue weighted by atomic mass is 16.5. The first kappa shape index (κ1) is 29.4. The van der Waals surface area contributed by atoms with Crippen molar-refractivity contribution in [1.29, 1.82) is 0 Å². The maximum Gasteiger partial charge on any atom is 0.338 e. The van der Waals surface area contributed by atoms with Crippen molar-refractivity contribution in [2.45, 2.75) is 72.8 Å². The first-order chi connectivity index (χ1) is 16.8. The summed E-state index contributed by atoms with van der Waals surface area (Å²) < 4.78 is 11.2. The summed E-state index contributed by atoms with van der Waals surface area (Å²) in [4.78, 5) is 25.8. The molecule has 1 N–H and O–H groups in total. The van der Waals surface area contributed by atoms with E-state index < -0.39 is 12.1 Å². The average Bonchev–Trinajstić information content (AvgIpc) is 2.82. The van der Waals surface area contributed by atoms with Gasteiger partial charge in [0.05, 0.1) is 11.7 Å². The number of nitrogens with zero attached hydrogens (tertiary/aromatic N) is 1. The summed E-state index contributed by atoms with van der Waals surface area (Å²) in [7, 11) is 3.25. The second-order valence-electron chi connectivity index (χ2n) is 10.9. The molecule has 0 spiro atoms. The molecular weight excluding hydrogens is 454 g/mol. The SMILES string of the molecule is CCC(CC)(c1ccc(OCC(O)C(C)(C)C)c(C)c1)c1ccc(C(=O)OCC(=O)N(C)C)c(C)c1. The Bertz CT molecular complexity index is 1060. The fourth-order valence-electron chi connectivity index (χ4n) is 4.29. The largest absolute Gasteiger partial charge is 0.491 e. The van der Waals surface area contributed by atoms with Crippen molar-refractivity contribution in [2.24, 2.45) is 5.41 Å². The second kappa shape index (κ2) is 11.9. The predicted molar refractivity (Wildman–Crippen MR) is 144 cm³/mol. The first-order valence-corrected chi connectivity index (χ1v) is 12.7. The maximum atomic E-state index is 12.6. The zero-order valence-electron chi connectivity index (χ0n) is 23.4. The number of benzene rings is 2. The molecule has 0 saturated carbocycles. The standard InChI is InChI=1S/C30H43NO5/c1-10-30(11-2,23-13-15-25(21(4)17-23)35-18-26(32)29(5,6)7)22-12-14-24(20(3)16-22)28(34)36-19-27(33)31(8)9/h12-17,26,32H,10-11,18-19H2,1-9H3. The lowest BCUT2D eigenvalue weighted by Gasteiger charge is -2.34. The average molecular weight is 498 g/mol. The van der Waals surface area contributed by atoms with Crippen LogP contribution in [0, 0.1) is 19.3 Å². The van der Waals surface area contributed by atoms with Crippen molar-refractivity contribution < 1.29 is 24.2 Å². The zero-order valence-corrected chi connectivity index (χ0v) is 23.4. The Kier molecular flexibility index (Phi) is 9.72. The molecule has 0 aliphatic rings. The maximum absolute atomic E-state index is 12.6. The van der Waals surface area contributed by atoms with Crippen LogP contribution in [0.3, 0.4) is 0 Å². The van der Waals surface area contributed by atoms with Crippen molar-refractivity contribution in [3.63, 3.8) is 0 Å². The van der Waals surface area contributed by atoms with Crippen LogP contribution in [0.25, 0.3) is 0 Å². The molecule has 0 heterocycles. The normalized spacial score (nSPS) is 12.7. The smallest absolute Gasteiger partial charge is 0.338 e. The van der Waals surface area contributed by atoms with Gasteiger partial charge in [-0.15, -0.1) is 0 Å². The molecule has 2 rings (SSSR count). The number of carbonyl (C=O) groups excluding carboxylic acids is 2. The summed E-state index contributed by atoms with van der Waals surface area (Å²) in [6.07, 6.45) is 1.20. The van der Waals surface area contributed by atoms with Gasteiger partial charge in [0.2, 0.25) is 0 Å². The Labute approximate surface area is 216 Å². The Morgan fingerprint density at radius 2 is 1.50 bits per heavy atom. The van der Waals surface area contributed by atoms with Gasteiger partial charge in [-0.05, 0) is 66.5 Å². The highest BCUT2D eigenvalue weighted by molar-refractivity contribution is 5.92. The van der Waals surface area contributed by atoms with Gasteiger partial charge in [0.1, 0.15) is 12.4 Å². The van der Waals surface area contributed by atoms with E-state index in [2.05, 4.69) is 32.0 Å². The van der Waals surface area contributed by atoms with Gasteiger partial charge in [0, 0.05) is 19.5 Å². The van der Waals surface area contributed by atoms with Crippen molar-refractivity contribution in [3.8, 4) is 5.75 Å². The number of aliphatic hydroxyl groups is 1. The van der Waals surface area contributed by atoms with E-state index in [0.29, 0.717) is 5.56 Å². The minimum absolute atomic E-state index is 0.234. The Morgan fingerprint density at radius 3 is 1.97 bits per heavy atom. The molecule has 2 aromatic carbocycles. The minimum Gasteiger partial charge on any atom is -0.491 e. The summed E-state index contributed by atoms with van der Waals surface area (Å²) >= 11 is 0. The van der Waals surface area contributed by atoms with Crippen LogP contribution in [0.1, 0.15) is 80.1 Å². The second-order valence-corrected chi connectivity index (χ2v) is 10.9. The lowest BCUT2D eigenvalue weighted by molar-refractivity contribution is -0.131. The van der Waals surface area contributed by atoms with Crippen LogP contribution in [0.15, 0.2) is 36.4 Å². The monoisotopic (exact) mass is 497 g/mol. The van der Waals surface area contributed by atoms with E-state index in [4.69, 9.17) is 9.47 Å². The van der Waals surface area contributed by atoms with Gasteiger partial charge < -0.3 is 19.5 Å². The lowest BCUT2D eigenvalue weighted by atomic mass is 9.70. The van der Waals surface area contributed by atoms with E-state index in [9.17, 15) is 14.7 Å². The lowest BCUT2D eigenvalue weighted by Crippen LogP contribution is -2.32. The van der Waals surface area contributed by atoms with E-state index in [1.165, 1.54) is 10.5 Å². The van der Waals surface area contributed by atoms with Crippen LogP contribution in [0.2, 0.25) is 0 Å². The molecule has 1 atom stereocenters. The number of ether oxygens (including phenoxy) is 2. The van der Waals surface area contributed by atoms with Crippen LogP contribution in [-0.4, -0.2) is 55.3 Å². The highest BCUT2D eigenvalue weighted by Gasteiger charge is 2.32. The number of likely N-dealkylation sites (N-methyl/N-ethyl adjacent to an activating group) is 1. The summed E-state index contributed by atoms with van der Waals surface area (Å²) in [5.41, 5.74) is 4.12. The van der Waals surface area contributed by atoms with Crippen LogP contribution in [-0.2, 0) is 14.9 Å². The van der Waals surface area contributed by atoms with Crippen LogP contribution < -0.4 is 4.74 Å². The van der Waals surface area contributed by atoms with Gasteiger partial charge >= 0.3 is 5.97 Å². The Balaban J connectivity index is 2.32. The van der Waals surface area contributed by atoms with Gasteiger partial charge in [-0.1, -0.05) is 58.9 Å². The van der Waals surface area contributed by atoms with Crippen molar-refractivity contribution in [1.82, 2.24) is 4.90 Å². The van der Waals surface area contributed by atoms with Crippen molar-refractivity contribution in [2.75, 3.05) is 27.3 Å². The van der Waals surface area contributed by atoms with Gasteiger partial charge in [-0.2, -0.15) is 0 Å². The van der Waals surface area contributed by atoms with Gasteiger partial charge in [-0.3, -0.25) is 4.79 Å². The molecular formula is C30H43NO5. The zero-order chi connectivity index (χ0) is 27.3. The van der Waals surface area contributed by atoms with E-state index in [0.717, 1.165) is 35.3 Å². The number of amides is 1. The molecule has 1 amide bonds. The van der Waals surface area contributed by atoms with E-state index in [1.54, 1.807) is 20.2 Å². The van der Waals surface area contributed by atoms with E-state index in [-0.39, 0.29) is 30.0 Å². The van der Waals surface area contributed by atoms with Gasteiger partial charge in [0.25, 0.3) is 5.91 Å². The molecule has 1 unspecified atom stereocenters. The molecule has 198 valence electrons. The third-order valence-electron chi connectivity index (χ3n) is 7.16. The molecule has 36 heavy (non-hydrogen) atoms. The minimum atomic E-state index is -0.559. The van der Waals surface area contributed by atoms with E-state index >= 15 is 0 Å². The molecule has 0 saturated heterocycles. The molecule has 0 aromatic heterocycles. The number of rotatable bonds is 10. The summed E-state index contributed by atoms with van der Waals surface area (Å²) in [5.74, 6) is 0.0108. The quantitative estimate of drug-likeness (QED) is 0.442. The fraction of sp³-hybridized carbons (Fsp3) is 0.533. The van der Waals surface area contributed by atoms with Gasteiger partial charge in [0.15, 0.2) is 6.61 Å². The number of hydrogen-bond donors (Lipinski definition) is 1. The predicted octanol–water partition coefficient (Wildman–Crippen LogP) is 5.44. The number of aliphatic hydroxyl groups excluding tert-OH is 1. The molecule has 0 fully saturated rings. The first-order valence-electron chi connectivity index (χ1n) is 12.7.